The van der Waals surface area contributed by atoms with Crippen LogP contribution in [-0.2, 0) is 0 Å². The Balaban J connectivity index is 2.48. The molecule has 0 aliphatic heterocycles. The van der Waals surface area contributed by atoms with Gasteiger partial charge in [0.25, 0.3) is 5.91 Å². The van der Waals surface area contributed by atoms with E-state index in [1.54, 1.807) is 19.1 Å². The van der Waals surface area contributed by atoms with Gasteiger partial charge in [-0.2, -0.15) is 0 Å². The summed E-state index contributed by atoms with van der Waals surface area (Å²) in [6.45, 7) is 4.06. The lowest BCUT2D eigenvalue weighted by atomic mass is 10.0. The molecule has 0 saturated heterocycles. The maximum atomic E-state index is 13.3. The highest BCUT2D eigenvalue weighted by atomic mass is 19.1. The third-order valence-electron chi connectivity index (χ3n) is 2.47. The Kier molecular flexibility index (Phi) is 5.10. The first-order chi connectivity index (χ1) is 8.00. The number of hydrogen-bond acceptors (Lipinski definition) is 2. The van der Waals surface area contributed by atoms with Gasteiger partial charge in [-0.15, -0.1) is 0 Å². The number of halogens is 1. The molecule has 1 aromatic carbocycles. The van der Waals surface area contributed by atoms with E-state index in [9.17, 15) is 14.3 Å². The van der Waals surface area contributed by atoms with E-state index in [0.717, 1.165) is 0 Å². The van der Waals surface area contributed by atoms with E-state index >= 15 is 0 Å². The van der Waals surface area contributed by atoms with Crippen molar-refractivity contribution in [3.05, 3.63) is 35.6 Å². The molecule has 0 aliphatic carbocycles. The van der Waals surface area contributed by atoms with Crippen LogP contribution in [0.4, 0.5) is 4.39 Å². The lowest BCUT2D eigenvalue weighted by molar-refractivity contribution is 0.0935. The molecule has 0 fully saturated rings. The van der Waals surface area contributed by atoms with Crippen LogP contribution in [0.3, 0.4) is 0 Å². The number of amides is 1. The number of rotatable bonds is 5. The molecule has 2 N–H and O–H groups in total. The first-order valence-corrected chi connectivity index (χ1v) is 5.71. The van der Waals surface area contributed by atoms with Crippen molar-refractivity contribution in [3.63, 3.8) is 0 Å². The van der Waals surface area contributed by atoms with Crippen LogP contribution in [0, 0.1) is 11.7 Å². The summed E-state index contributed by atoms with van der Waals surface area (Å²) in [6.07, 6.45) is 0.216. The van der Waals surface area contributed by atoms with Gasteiger partial charge in [-0.25, -0.2) is 4.39 Å². The fraction of sp³-hybridized carbons (Fsp3) is 0.462. The highest BCUT2D eigenvalue weighted by molar-refractivity contribution is 5.94. The first kappa shape index (κ1) is 13.6. The fourth-order valence-corrected chi connectivity index (χ4v) is 1.67. The van der Waals surface area contributed by atoms with E-state index in [1.807, 2.05) is 6.92 Å². The van der Waals surface area contributed by atoms with Crippen LogP contribution in [0.15, 0.2) is 24.3 Å². The summed E-state index contributed by atoms with van der Waals surface area (Å²) in [5.41, 5.74) is 0.0525. The minimum Gasteiger partial charge on any atom is -0.393 e. The quantitative estimate of drug-likeness (QED) is 0.825. The molecule has 17 heavy (non-hydrogen) atoms. The molecule has 1 rings (SSSR count). The van der Waals surface area contributed by atoms with Crippen LogP contribution >= 0.6 is 0 Å². The molecule has 94 valence electrons. The Bertz CT molecular complexity index is 379. The minimum atomic E-state index is -0.520. The van der Waals surface area contributed by atoms with E-state index < -0.39 is 17.8 Å². The van der Waals surface area contributed by atoms with Gasteiger partial charge in [0.05, 0.1) is 11.7 Å². The Morgan fingerprint density at radius 3 is 2.65 bits per heavy atom. The number of aliphatic hydroxyl groups excluding tert-OH is 1. The molecule has 4 heteroatoms. The monoisotopic (exact) mass is 239 g/mol. The third kappa shape index (κ3) is 4.53. The van der Waals surface area contributed by atoms with Gasteiger partial charge in [0, 0.05) is 6.54 Å². The zero-order chi connectivity index (χ0) is 12.8. The first-order valence-electron chi connectivity index (χ1n) is 5.71. The Morgan fingerprint density at radius 1 is 1.41 bits per heavy atom. The predicted octanol–water partition coefficient (Wildman–Crippen LogP) is 1.96. The van der Waals surface area contributed by atoms with E-state index in [1.165, 1.54) is 12.1 Å². The van der Waals surface area contributed by atoms with Gasteiger partial charge in [0.15, 0.2) is 0 Å². The Morgan fingerprint density at radius 2 is 2.06 bits per heavy atom. The number of hydrogen-bond donors (Lipinski definition) is 2. The minimum absolute atomic E-state index is 0.0525. The van der Waals surface area contributed by atoms with Crippen molar-refractivity contribution >= 4 is 5.91 Å². The Hall–Kier alpha value is -1.42. The highest BCUT2D eigenvalue weighted by Crippen LogP contribution is 2.07. The second-order valence-electron chi connectivity index (χ2n) is 4.38. The number of aliphatic hydroxyl groups is 1. The van der Waals surface area contributed by atoms with E-state index in [0.29, 0.717) is 13.0 Å². The molecule has 3 nitrogen and oxygen atoms in total. The van der Waals surface area contributed by atoms with Crippen LogP contribution in [0.1, 0.15) is 30.6 Å². The normalized spacial score (nSPS) is 14.1. The molecule has 0 heterocycles. The van der Waals surface area contributed by atoms with Crippen molar-refractivity contribution in [2.75, 3.05) is 6.54 Å². The van der Waals surface area contributed by atoms with Gasteiger partial charge in [-0.1, -0.05) is 19.1 Å². The summed E-state index contributed by atoms with van der Waals surface area (Å²) < 4.78 is 13.3. The molecular formula is C13H18FNO2. The Labute approximate surface area is 101 Å². The fourth-order valence-electron chi connectivity index (χ4n) is 1.67. The maximum Gasteiger partial charge on any atom is 0.254 e. The second-order valence-corrected chi connectivity index (χ2v) is 4.38. The number of carbonyl (C=O) groups excluding carboxylic acids is 1. The average molecular weight is 239 g/mol. The molecule has 0 radical (unpaired) electrons. The van der Waals surface area contributed by atoms with Gasteiger partial charge < -0.3 is 10.4 Å². The van der Waals surface area contributed by atoms with Gasteiger partial charge >= 0.3 is 0 Å². The second kappa shape index (κ2) is 6.35. The van der Waals surface area contributed by atoms with E-state index in [2.05, 4.69) is 5.32 Å². The number of nitrogens with one attached hydrogen (secondary N) is 1. The summed E-state index contributed by atoms with van der Waals surface area (Å²) in [6, 6.07) is 5.87. The van der Waals surface area contributed by atoms with Crippen molar-refractivity contribution in [1.82, 2.24) is 5.32 Å². The summed E-state index contributed by atoms with van der Waals surface area (Å²) in [5.74, 6) is -0.778. The van der Waals surface area contributed by atoms with Gasteiger partial charge in [0.1, 0.15) is 5.82 Å². The molecule has 1 aromatic rings. The van der Waals surface area contributed by atoms with Crippen LogP contribution in [0.2, 0.25) is 0 Å². The largest absolute Gasteiger partial charge is 0.393 e. The molecule has 2 atom stereocenters. The van der Waals surface area contributed by atoms with Crippen molar-refractivity contribution in [2.24, 2.45) is 5.92 Å². The number of benzene rings is 1. The third-order valence-corrected chi connectivity index (χ3v) is 2.47. The van der Waals surface area contributed by atoms with Crippen molar-refractivity contribution in [2.45, 2.75) is 26.4 Å². The zero-order valence-electron chi connectivity index (χ0n) is 10.1. The van der Waals surface area contributed by atoms with Crippen LogP contribution in [-0.4, -0.2) is 23.7 Å². The molecule has 1 amide bonds. The molecule has 2 unspecified atom stereocenters. The van der Waals surface area contributed by atoms with Crippen molar-refractivity contribution in [3.8, 4) is 0 Å². The maximum absolute atomic E-state index is 13.3. The van der Waals surface area contributed by atoms with Crippen LogP contribution < -0.4 is 5.32 Å². The molecule has 0 spiro atoms. The van der Waals surface area contributed by atoms with E-state index in [-0.39, 0.29) is 11.5 Å². The van der Waals surface area contributed by atoms with Crippen molar-refractivity contribution in [1.29, 1.82) is 0 Å². The molecule has 0 aromatic heterocycles. The standard InChI is InChI=1S/C13H18FNO2/c1-9(7-10(2)16)8-15-13(17)11-5-3-4-6-12(11)14/h3-6,9-10,16H,7-8H2,1-2H3,(H,15,17). The summed E-state index contributed by atoms with van der Waals surface area (Å²) in [4.78, 5) is 11.6. The number of carbonyl (C=O) groups is 1. The smallest absolute Gasteiger partial charge is 0.254 e. The van der Waals surface area contributed by atoms with E-state index in [4.69, 9.17) is 0 Å². The molecule has 0 saturated carbocycles. The lowest BCUT2D eigenvalue weighted by Gasteiger charge is -2.14. The molecular weight excluding hydrogens is 221 g/mol. The predicted molar refractivity (Wildman–Crippen MR) is 64.2 cm³/mol. The van der Waals surface area contributed by atoms with Crippen molar-refractivity contribution < 1.29 is 14.3 Å². The van der Waals surface area contributed by atoms with Crippen LogP contribution in [0.25, 0.3) is 0 Å². The van der Waals surface area contributed by atoms with Crippen LogP contribution in [0.5, 0.6) is 0 Å². The summed E-state index contributed by atoms with van der Waals surface area (Å²) in [7, 11) is 0. The lowest BCUT2D eigenvalue weighted by Crippen LogP contribution is -2.30. The zero-order valence-corrected chi connectivity index (χ0v) is 10.1. The summed E-state index contributed by atoms with van der Waals surface area (Å²) in [5, 5.41) is 11.8. The molecule has 0 bridgehead atoms. The summed E-state index contributed by atoms with van der Waals surface area (Å²) >= 11 is 0. The van der Waals surface area contributed by atoms with Gasteiger partial charge in [-0.05, 0) is 31.4 Å². The van der Waals surface area contributed by atoms with Gasteiger partial charge in [-0.3, -0.25) is 4.79 Å². The topological polar surface area (TPSA) is 49.3 Å². The average Bonchev–Trinajstić information content (AvgIpc) is 2.25. The molecule has 0 aliphatic rings. The highest BCUT2D eigenvalue weighted by Gasteiger charge is 2.12. The SMILES string of the molecule is CC(O)CC(C)CNC(=O)c1ccccc1F. The van der Waals surface area contributed by atoms with Gasteiger partial charge in [0.2, 0.25) is 0 Å².